The molecule has 0 amide bonds. The maximum atomic E-state index is 10.2. The second-order valence-electron chi connectivity index (χ2n) is 7.14. The first-order valence-corrected chi connectivity index (χ1v) is 9.37. The van der Waals surface area contributed by atoms with E-state index >= 15 is 0 Å². The third-order valence-electron chi connectivity index (χ3n) is 4.30. The van der Waals surface area contributed by atoms with Crippen LogP contribution in [0.25, 0.3) is 0 Å². The summed E-state index contributed by atoms with van der Waals surface area (Å²) in [7, 11) is 1.66. The van der Waals surface area contributed by atoms with Gasteiger partial charge in [0.1, 0.15) is 11.9 Å². The summed E-state index contributed by atoms with van der Waals surface area (Å²) in [4.78, 5) is 7.79. The highest BCUT2D eigenvalue weighted by Gasteiger charge is 2.25. The molecule has 146 valence electrons. The molecule has 0 spiro atoms. The Morgan fingerprint density at radius 1 is 1.27 bits per heavy atom. The summed E-state index contributed by atoms with van der Waals surface area (Å²) in [6, 6.07) is 7.85. The lowest BCUT2D eigenvalue weighted by Crippen LogP contribution is -2.39. The van der Waals surface area contributed by atoms with Crippen molar-refractivity contribution in [2.45, 2.75) is 39.4 Å². The van der Waals surface area contributed by atoms with E-state index in [4.69, 9.17) is 14.3 Å². The van der Waals surface area contributed by atoms with E-state index in [0.29, 0.717) is 25.7 Å². The third-order valence-corrected chi connectivity index (χ3v) is 4.30. The van der Waals surface area contributed by atoms with Gasteiger partial charge in [0.15, 0.2) is 0 Å². The Kier molecular flexibility index (Phi) is 8.35. The number of methoxy groups -OCH3 is 1. The van der Waals surface area contributed by atoms with E-state index < -0.39 is 6.10 Å². The predicted molar refractivity (Wildman–Crippen MR) is 103 cm³/mol. The van der Waals surface area contributed by atoms with Gasteiger partial charge in [0.25, 0.3) is 0 Å². The summed E-state index contributed by atoms with van der Waals surface area (Å²) in [5, 5.41) is 14.4. The Hall–Kier alpha value is -1.63. The molecule has 2 rings (SSSR count). The van der Waals surface area contributed by atoms with Crippen molar-refractivity contribution in [3.8, 4) is 5.75 Å². The summed E-state index contributed by atoms with van der Waals surface area (Å²) in [6.45, 7) is 9.49. The minimum absolute atomic E-state index is 0.0100. The van der Waals surface area contributed by atoms with Gasteiger partial charge in [0.2, 0.25) is 0 Å². The number of aliphatic hydroxyl groups is 1. The normalized spacial score (nSPS) is 18.1. The van der Waals surface area contributed by atoms with Gasteiger partial charge < -0.3 is 19.4 Å². The van der Waals surface area contributed by atoms with Gasteiger partial charge in [0.05, 0.1) is 25.5 Å². The van der Waals surface area contributed by atoms with Crippen molar-refractivity contribution in [3.63, 3.8) is 0 Å². The molecule has 1 aromatic rings. The third kappa shape index (κ3) is 6.59. The standard InChI is InChI=1S/C20H32N2O4/c1-5-22(11-17(23)14-25-13-15(2)3)12-19-10-20(21-26-19)16-6-8-18(24-4)9-7-16/h6-9,15,17,19,23H,5,10-14H2,1-4H3/t17-,19+/m1/s1. The first-order valence-electron chi connectivity index (χ1n) is 9.37. The Labute approximate surface area is 156 Å². The fourth-order valence-corrected chi connectivity index (χ4v) is 2.89. The van der Waals surface area contributed by atoms with Crippen molar-refractivity contribution in [1.82, 2.24) is 4.90 Å². The molecule has 0 radical (unpaired) electrons. The topological polar surface area (TPSA) is 63.5 Å². The molecule has 1 heterocycles. The van der Waals surface area contributed by atoms with Crippen LogP contribution in [0.3, 0.4) is 0 Å². The maximum Gasteiger partial charge on any atom is 0.145 e. The van der Waals surface area contributed by atoms with Gasteiger partial charge in [-0.1, -0.05) is 25.9 Å². The number of likely N-dealkylation sites (N-methyl/N-ethyl adjacent to an activating group) is 1. The maximum absolute atomic E-state index is 10.2. The summed E-state index contributed by atoms with van der Waals surface area (Å²) in [6.07, 6.45) is 0.288. The van der Waals surface area contributed by atoms with E-state index in [2.05, 4.69) is 30.8 Å². The molecule has 1 aliphatic rings. The summed E-state index contributed by atoms with van der Waals surface area (Å²) in [5.74, 6) is 1.31. The first-order chi connectivity index (χ1) is 12.5. The zero-order valence-electron chi connectivity index (χ0n) is 16.4. The van der Waals surface area contributed by atoms with E-state index in [9.17, 15) is 5.11 Å². The average Bonchev–Trinajstić information content (AvgIpc) is 3.09. The molecule has 0 aliphatic carbocycles. The van der Waals surface area contributed by atoms with Gasteiger partial charge in [-0.15, -0.1) is 0 Å². The molecule has 26 heavy (non-hydrogen) atoms. The molecule has 0 bridgehead atoms. The highest BCUT2D eigenvalue weighted by molar-refractivity contribution is 6.01. The average molecular weight is 364 g/mol. The minimum atomic E-state index is -0.489. The number of rotatable bonds is 11. The molecule has 0 aromatic heterocycles. The largest absolute Gasteiger partial charge is 0.497 e. The van der Waals surface area contributed by atoms with Crippen LogP contribution in [-0.2, 0) is 9.57 Å². The number of ether oxygens (including phenoxy) is 2. The fourth-order valence-electron chi connectivity index (χ4n) is 2.89. The second-order valence-corrected chi connectivity index (χ2v) is 7.14. The minimum Gasteiger partial charge on any atom is -0.497 e. The number of oxime groups is 1. The summed E-state index contributed by atoms with van der Waals surface area (Å²) in [5.41, 5.74) is 2.01. The Bertz CT molecular complexity index is 559. The van der Waals surface area contributed by atoms with Crippen LogP contribution in [0.5, 0.6) is 5.75 Å². The molecule has 0 fully saturated rings. The van der Waals surface area contributed by atoms with Crippen molar-refractivity contribution in [2.75, 3.05) is 40.0 Å². The number of nitrogens with zero attached hydrogens (tertiary/aromatic N) is 2. The van der Waals surface area contributed by atoms with E-state index in [0.717, 1.165) is 36.5 Å². The zero-order chi connectivity index (χ0) is 18.9. The zero-order valence-corrected chi connectivity index (χ0v) is 16.4. The molecule has 1 aromatic carbocycles. The smallest absolute Gasteiger partial charge is 0.145 e. The molecule has 0 saturated heterocycles. The van der Waals surface area contributed by atoms with Crippen molar-refractivity contribution in [3.05, 3.63) is 29.8 Å². The molecular formula is C20H32N2O4. The highest BCUT2D eigenvalue weighted by atomic mass is 16.6. The lowest BCUT2D eigenvalue weighted by molar-refractivity contribution is -0.00421. The Morgan fingerprint density at radius 2 is 2.00 bits per heavy atom. The van der Waals surface area contributed by atoms with Gasteiger partial charge in [-0.2, -0.15) is 0 Å². The Balaban J connectivity index is 1.77. The summed E-state index contributed by atoms with van der Waals surface area (Å²) >= 11 is 0. The predicted octanol–water partition coefficient (Wildman–Crippen LogP) is 2.54. The lowest BCUT2D eigenvalue weighted by Gasteiger charge is -2.25. The van der Waals surface area contributed by atoms with Crippen molar-refractivity contribution in [2.24, 2.45) is 11.1 Å². The van der Waals surface area contributed by atoms with Gasteiger partial charge in [-0.25, -0.2) is 0 Å². The van der Waals surface area contributed by atoms with Crippen LogP contribution < -0.4 is 4.74 Å². The van der Waals surface area contributed by atoms with Crippen LogP contribution in [-0.4, -0.2) is 67.9 Å². The van der Waals surface area contributed by atoms with Crippen LogP contribution in [0, 0.1) is 5.92 Å². The van der Waals surface area contributed by atoms with Crippen LogP contribution in [0.15, 0.2) is 29.4 Å². The van der Waals surface area contributed by atoms with Gasteiger partial charge >= 0.3 is 0 Å². The number of hydrogen-bond donors (Lipinski definition) is 1. The van der Waals surface area contributed by atoms with E-state index in [1.54, 1.807) is 7.11 Å². The highest BCUT2D eigenvalue weighted by Crippen LogP contribution is 2.20. The molecule has 2 atom stereocenters. The second kappa shape index (κ2) is 10.5. The van der Waals surface area contributed by atoms with E-state index in [-0.39, 0.29) is 6.10 Å². The van der Waals surface area contributed by atoms with Crippen LogP contribution >= 0.6 is 0 Å². The molecule has 1 aliphatic heterocycles. The van der Waals surface area contributed by atoms with Crippen molar-refractivity contribution in [1.29, 1.82) is 0 Å². The number of aliphatic hydroxyl groups excluding tert-OH is 1. The van der Waals surface area contributed by atoms with Gasteiger partial charge in [-0.3, -0.25) is 4.90 Å². The molecule has 6 nitrogen and oxygen atoms in total. The van der Waals surface area contributed by atoms with Crippen molar-refractivity contribution < 1.29 is 19.4 Å². The van der Waals surface area contributed by atoms with Crippen LogP contribution in [0.2, 0.25) is 0 Å². The quantitative estimate of drug-likeness (QED) is 0.654. The van der Waals surface area contributed by atoms with E-state index in [1.807, 2.05) is 24.3 Å². The van der Waals surface area contributed by atoms with Crippen molar-refractivity contribution >= 4 is 5.71 Å². The van der Waals surface area contributed by atoms with Gasteiger partial charge in [-0.05, 0) is 42.3 Å². The molecule has 0 unspecified atom stereocenters. The monoisotopic (exact) mass is 364 g/mol. The SMILES string of the molecule is CCN(C[C@@H](O)COCC(C)C)C[C@@H]1CC(c2ccc(OC)cc2)=NO1. The first kappa shape index (κ1) is 20.7. The molecule has 0 saturated carbocycles. The lowest BCUT2D eigenvalue weighted by atomic mass is 10.0. The molecule has 1 N–H and O–H groups in total. The molecular weight excluding hydrogens is 332 g/mol. The van der Waals surface area contributed by atoms with Gasteiger partial charge in [0, 0.05) is 26.1 Å². The van der Waals surface area contributed by atoms with Crippen LogP contribution in [0.1, 0.15) is 32.8 Å². The van der Waals surface area contributed by atoms with E-state index in [1.165, 1.54) is 0 Å². The molecule has 6 heteroatoms. The fraction of sp³-hybridized carbons (Fsp3) is 0.650. The van der Waals surface area contributed by atoms with Crippen LogP contribution in [0.4, 0.5) is 0 Å². The number of hydrogen-bond acceptors (Lipinski definition) is 6. The summed E-state index contributed by atoms with van der Waals surface area (Å²) < 4.78 is 10.7. The number of benzene rings is 1. The Morgan fingerprint density at radius 3 is 2.62 bits per heavy atom.